The van der Waals surface area contributed by atoms with E-state index in [1.54, 1.807) is 12.3 Å². The number of pyridine rings is 1. The number of benzene rings is 1. The van der Waals surface area contributed by atoms with E-state index in [0.29, 0.717) is 11.4 Å². The molecule has 1 N–H and O–H groups in total. The summed E-state index contributed by atoms with van der Waals surface area (Å²) in [5.41, 5.74) is 2.79. The smallest absolute Gasteiger partial charge is 0.0846 e. The summed E-state index contributed by atoms with van der Waals surface area (Å²) >= 11 is 9.35. The highest BCUT2D eigenvalue weighted by Gasteiger charge is 2.12. The third-order valence-electron chi connectivity index (χ3n) is 2.83. The molecule has 0 radical (unpaired) electrons. The van der Waals surface area contributed by atoms with Gasteiger partial charge in [-0.15, -0.1) is 0 Å². The molecular weight excluding hydrogens is 314 g/mol. The zero-order valence-electron chi connectivity index (χ0n) is 9.90. The van der Waals surface area contributed by atoms with Crippen LogP contribution in [-0.4, -0.2) is 10.1 Å². The van der Waals surface area contributed by atoms with Gasteiger partial charge in [0.2, 0.25) is 0 Å². The fourth-order valence-electron chi connectivity index (χ4n) is 1.75. The summed E-state index contributed by atoms with van der Waals surface area (Å²) in [4.78, 5) is 4.28. The van der Waals surface area contributed by atoms with Gasteiger partial charge in [-0.05, 0) is 52.2 Å². The average molecular weight is 327 g/mol. The minimum atomic E-state index is -0.593. The molecule has 0 fully saturated rings. The highest BCUT2D eigenvalue weighted by molar-refractivity contribution is 9.10. The summed E-state index contributed by atoms with van der Waals surface area (Å²) in [5.74, 6) is 0. The maximum atomic E-state index is 10.2. The Morgan fingerprint density at radius 2 is 2.17 bits per heavy atom. The summed E-state index contributed by atoms with van der Waals surface area (Å²) in [6, 6.07) is 9.35. The molecule has 4 heteroatoms. The maximum Gasteiger partial charge on any atom is 0.0846 e. The molecule has 2 rings (SSSR count). The van der Waals surface area contributed by atoms with Crippen LogP contribution in [0, 0.1) is 6.92 Å². The highest BCUT2D eigenvalue weighted by Crippen LogP contribution is 2.27. The molecule has 1 heterocycles. The van der Waals surface area contributed by atoms with Gasteiger partial charge in [0.25, 0.3) is 0 Å². The molecule has 1 aromatic heterocycles. The Bertz CT molecular complexity index is 559. The number of nitrogens with zero attached hydrogens (tertiary/aromatic N) is 1. The molecular formula is C14H13BrClNO. The number of aliphatic hydroxyl groups excluding tert-OH is 1. The van der Waals surface area contributed by atoms with Crippen molar-refractivity contribution < 1.29 is 5.11 Å². The quantitative estimate of drug-likeness (QED) is 0.922. The van der Waals surface area contributed by atoms with Crippen LogP contribution in [0.1, 0.15) is 22.9 Å². The standard InChI is InChI=1S/C14H13BrClNO/c1-9-3-2-6-17-13(9)8-14(18)10-4-5-11(15)12(16)7-10/h2-7,14,18H,8H2,1H3. The topological polar surface area (TPSA) is 33.1 Å². The number of aryl methyl sites for hydroxylation is 1. The predicted octanol–water partition coefficient (Wildman–Crippen LogP) is 4.08. The Morgan fingerprint density at radius 1 is 1.39 bits per heavy atom. The molecule has 0 saturated heterocycles. The van der Waals surface area contributed by atoms with Gasteiger partial charge < -0.3 is 5.11 Å². The first-order chi connectivity index (χ1) is 8.58. The van der Waals surface area contributed by atoms with E-state index in [2.05, 4.69) is 20.9 Å². The van der Waals surface area contributed by atoms with Gasteiger partial charge in [-0.1, -0.05) is 23.7 Å². The van der Waals surface area contributed by atoms with Crippen molar-refractivity contribution in [3.8, 4) is 0 Å². The fourth-order valence-corrected chi connectivity index (χ4v) is 2.19. The van der Waals surface area contributed by atoms with E-state index >= 15 is 0 Å². The van der Waals surface area contributed by atoms with Crippen molar-refractivity contribution in [3.63, 3.8) is 0 Å². The van der Waals surface area contributed by atoms with E-state index in [9.17, 15) is 5.11 Å². The molecule has 94 valence electrons. The van der Waals surface area contributed by atoms with E-state index in [1.807, 2.05) is 31.2 Å². The van der Waals surface area contributed by atoms with E-state index in [0.717, 1.165) is 21.3 Å². The molecule has 1 aromatic carbocycles. The first kappa shape index (κ1) is 13.5. The Labute approximate surface area is 120 Å². The minimum Gasteiger partial charge on any atom is -0.388 e. The van der Waals surface area contributed by atoms with E-state index in [4.69, 9.17) is 11.6 Å². The van der Waals surface area contributed by atoms with E-state index in [1.165, 1.54) is 0 Å². The molecule has 0 aliphatic heterocycles. The Kier molecular flexibility index (Phi) is 4.38. The minimum absolute atomic E-state index is 0.491. The SMILES string of the molecule is Cc1cccnc1CC(O)c1ccc(Br)c(Cl)c1. The maximum absolute atomic E-state index is 10.2. The van der Waals surface area contributed by atoms with Crippen LogP contribution in [0.3, 0.4) is 0 Å². The number of hydrogen-bond acceptors (Lipinski definition) is 2. The third-order valence-corrected chi connectivity index (χ3v) is 4.07. The van der Waals surface area contributed by atoms with Gasteiger partial charge in [-0.25, -0.2) is 0 Å². The lowest BCUT2D eigenvalue weighted by molar-refractivity contribution is 0.177. The van der Waals surface area contributed by atoms with Crippen LogP contribution >= 0.6 is 27.5 Å². The summed E-state index contributed by atoms with van der Waals surface area (Å²) in [7, 11) is 0. The molecule has 2 aromatic rings. The summed E-state index contributed by atoms with van der Waals surface area (Å²) < 4.78 is 0.828. The zero-order valence-corrected chi connectivity index (χ0v) is 12.2. The number of aromatic nitrogens is 1. The second kappa shape index (κ2) is 5.83. The molecule has 0 amide bonds. The average Bonchev–Trinajstić information content (AvgIpc) is 2.35. The molecule has 0 aliphatic rings. The second-order valence-electron chi connectivity index (χ2n) is 4.16. The predicted molar refractivity (Wildman–Crippen MR) is 76.8 cm³/mol. The Hall–Kier alpha value is -0.900. The lowest BCUT2D eigenvalue weighted by atomic mass is 10.0. The summed E-state index contributed by atoms with van der Waals surface area (Å²) in [6.07, 6.45) is 1.64. The molecule has 1 unspecified atom stereocenters. The van der Waals surface area contributed by atoms with Crippen molar-refractivity contribution in [1.82, 2.24) is 4.98 Å². The largest absolute Gasteiger partial charge is 0.388 e. The van der Waals surface area contributed by atoms with E-state index < -0.39 is 6.10 Å². The zero-order chi connectivity index (χ0) is 13.1. The third kappa shape index (κ3) is 3.10. The van der Waals surface area contributed by atoms with Gasteiger partial charge in [0.15, 0.2) is 0 Å². The van der Waals surface area contributed by atoms with Crippen LogP contribution in [-0.2, 0) is 6.42 Å². The van der Waals surface area contributed by atoms with Crippen molar-refractivity contribution in [1.29, 1.82) is 0 Å². The number of aliphatic hydroxyl groups is 1. The summed E-state index contributed by atoms with van der Waals surface area (Å²) in [5, 5.41) is 10.8. The highest BCUT2D eigenvalue weighted by atomic mass is 79.9. The molecule has 0 aliphatic carbocycles. The van der Waals surface area contributed by atoms with Crippen molar-refractivity contribution in [2.24, 2.45) is 0 Å². The van der Waals surface area contributed by atoms with Gasteiger partial charge >= 0.3 is 0 Å². The molecule has 0 bridgehead atoms. The molecule has 0 spiro atoms. The molecule has 1 atom stereocenters. The lowest BCUT2D eigenvalue weighted by Gasteiger charge is -2.12. The lowest BCUT2D eigenvalue weighted by Crippen LogP contribution is -2.05. The van der Waals surface area contributed by atoms with Crippen LogP contribution in [0.4, 0.5) is 0 Å². The monoisotopic (exact) mass is 325 g/mol. The Morgan fingerprint density at radius 3 is 2.83 bits per heavy atom. The first-order valence-corrected chi connectivity index (χ1v) is 6.78. The van der Waals surface area contributed by atoms with Gasteiger partial charge in [-0.2, -0.15) is 0 Å². The van der Waals surface area contributed by atoms with Crippen LogP contribution in [0.5, 0.6) is 0 Å². The van der Waals surface area contributed by atoms with Crippen molar-refractivity contribution in [2.75, 3.05) is 0 Å². The van der Waals surface area contributed by atoms with Gasteiger partial charge in [0.1, 0.15) is 0 Å². The van der Waals surface area contributed by atoms with Crippen LogP contribution in [0.15, 0.2) is 41.0 Å². The summed E-state index contributed by atoms with van der Waals surface area (Å²) in [6.45, 7) is 1.99. The normalized spacial score (nSPS) is 12.4. The van der Waals surface area contributed by atoms with Crippen LogP contribution in [0.2, 0.25) is 5.02 Å². The number of halogens is 2. The fraction of sp³-hybridized carbons (Fsp3) is 0.214. The Balaban J connectivity index is 2.19. The molecule has 18 heavy (non-hydrogen) atoms. The van der Waals surface area contributed by atoms with E-state index in [-0.39, 0.29) is 0 Å². The van der Waals surface area contributed by atoms with Crippen molar-refractivity contribution in [2.45, 2.75) is 19.4 Å². The van der Waals surface area contributed by atoms with Gasteiger partial charge in [-0.3, -0.25) is 4.98 Å². The van der Waals surface area contributed by atoms with Crippen LogP contribution in [0.25, 0.3) is 0 Å². The van der Waals surface area contributed by atoms with Crippen molar-refractivity contribution >= 4 is 27.5 Å². The number of rotatable bonds is 3. The van der Waals surface area contributed by atoms with Gasteiger partial charge in [0.05, 0.1) is 11.1 Å². The van der Waals surface area contributed by atoms with Gasteiger partial charge in [0, 0.05) is 22.8 Å². The number of hydrogen-bond donors (Lipinski definition) is 1. The van der Waals surface area contributed by atoms with Crippen LogP contribution < -0.4 is 0 Å². The molecule has 0 saturated carbocycles. The van der Waals surface area contributed by atoms with Crippen molar-refractivity contribution in [3.05, 3.63) is 62.8 Å². The molecule has 2 nitrogen and oxygen atoms in total. The first-order valence-electron chi connectivity index (χ1n) is 5.61. The second-order valence-corrected chi connectivity index (χ2v) is 5.42.